The molecule has 0 bridgehead atoms. The first kappa shape index (κ1) is 17.1. The molecule has 1 rings (SSSR count). The van der Waals surface area contributed by atoms with Crippen molar-refractivity contribution in [2.75, 3.05) is 12.9 Å². The molecule has 1 aromatic rings. The van der Waals surface area contributed by atoms with Crippen molar-refractivity contribution in [1.29, 1.82) is 0 Å². The second-order valence-corrected chi connectivity index (χ2v) is 8.21. The normalized spacial score (nSPS) is 12.4. The van der Waals surface area contributed by atoms with E-state index in [9.17, 15) is 13.2 Å². The molecule has 0 saturated heterocycles. The molecule has 1 aromatic heterocycles. The number of aryl methyl sites for hydroxylation is 1. The molecule has 0 atom stereocenters. The molecular weight excluding hydrogens is 300 g/mol. The number of carbonyl (C=O) groups is 1. The predicted octanol–water partition coefficient (Wildman–Crippen LogP) is 2.61. The van der Waals surface area contributed by atoms with Gasteiger partial charge < -0.3 is 4.74 Å². The minimum absolute atomic E-state index is 0.151. The van der Waals surface area contributed by atoms with Gasteiger partial charge in [-0.3, -0.25) is 4.18 Å². The molecule has 0 fully saturated rings. The average molecular weight is 320 g/mol. The van der Waals surface area contributed by atoms with Crippen LogP contribution in [0, 0.1) is 0 Å². The summed E-state index contributed by atoms with van der Waals surface area (Å²) in [5, 5.41) is 0. The van der Waals surface area contributed by atoms with E-state index in [2.05, 4.69) is 4.18 Å². The van der Waals surface area contributed by atoms with E-state index in [1.54, 1.807) is 6.07 Å². The van der Waals surface area contributed by atoms with Gasteiger partial charge in [0.2, 0.25) is 0 Å². The molecule has 0 aliphatic carbocycles. The molecule has 0 saturated carbocycles. The van der Waals surface area contributed by atoms with Crippen molar-refractivity contribution < 1.29 is 22.1 Å². The van der Waals surface area contributed by atoms with Crippen LogP contribution in [0.2, 0.25) is 0 Å². The van der Waals surface area contributed by atoms with E-state index in [0.29, 0.717) is 17.7 Å². The smallest absolute Gasteiger partial charge is 0.348 e. The second kappa shape index (κ2) is 6.69. The first-order valence-electron chi connectivity index (χ1n) is 6.23. The highest BCUT2D eigenvalue weighted by molar-refractivity contribution is 7.85. The Balaban J connectivity index is 2.46. The first-order chi connectivity index (χ1) is 9.07. The van der Waals surface area contributed by atoms with Crippen molar-refractivity contribution in [2.45, 2.75) is 39.2 Å². The molecule has 1 heterocycles. The van der Waals surface area contributed by atoms with E-state index in [1.165, 1.54) is 11.3 Å². The van der Waals surface area contributed by atoms with E-state index < -0.39 is 15.7 Å². The Morgan fingerprint density at radius 3 is 2.50 bits per heavy atom. The molecule has 114 valence electrons. The van der Waals surface area contributed by atoms with Gasteiger partial charge in [0.25, 0.3) is 10.1 Å². The van der Waals surface area contributed by atoms with Crippen molar-refractivity contribution in [1.82, 2.24) is 0 Å². The minimum atomic E-state index is -3.38. The van der Waals surface area contributed by atoms with Gasteiger partial charge >= 0.3 is 5.97 Å². The fraction of sp³-hybridized carbons (Fsp3) is 0.615. The average Bonchev–Trinajstić information content (AvgIpc) is 2.69. The molecule has 0 unspecified atom stereocenters. The monoisotopic (exact) mass is 320 g/mol. The van der Waals surface area contributed by atoms with Crippen LogP contribution in [-0.2, 0) is 25.5 Å². The zero-order valence-electron chi connectivity index (χ0n) is 12.1. The number of esters is 1. The SMILES string of the molecule is CC(C)(C)OC(=O)c1ccc(CCCOS(C)(=O)=O)s1. The molecule has 7 heteroatoms. The molecular formula is C13H20O5S2. The van der Waals surface area contributed by atoms with Crippen LogP contribution in [0.3, 0.4) is 0 Å². The number of rotatable bonds is 6. The van der Waals surface area contributed by atoms with Crippen molar-refractivity contribution >= 4 is 27.4 Å². The molecule has 0 spiro atoms. The summed E-state index contributed by atoms with van der Waals surface area (Å²) in [6, 6.07) is 3.58. The van der Waals surface area contributed by atoms with Gasteiger partial charge in [-0.15, -0.1) is 11.3 Å². The Morgan fingerprint density at radius 2 is 1.95 bits per heavy atom. The summed E-state index contributed by atoms with van der Waals surface area (Å²) < 4.78 is 31.5. The van der Waals surface area contributed by atoms with Crippen LogP contribution >= 0.6 is 11.3 Å². The van der Waals surface area contributed by atoms with Crippen molar-refractivity contribution in [2.24, 2.45) is 0 Å². The maximum absolute atomic E-state index is 11.8. The molecule has 5 nitrogen and oxygen atoms in total. The first-order valence-corrected chi connectivity index (χ1v) is 8.86. The van der Waals surface area contributed by atoms with Crippen molar-refractivity contribution in [3.8, 4) is 0 Å². The zero-order valence-corrected chi connectivity index (χ0v) is 13.8. The maximum Gasteiger partial charge on any atom is 0.348 e. The highest BCUT2D eigenvalue weighted by Crippen LogP contribution is 2.21. The summed E-state index contributed by atoms with van der Waals surface area (Å²) in [5.74, 6) is -0.332. The number of ether oxygens (including phenoxy) is 1. The van der Waals surface area contributed by atoms with Crippen molar-refractivity contribution in [3.63, 3.8) is 0 Å². The highest BCUT2D eigenvalue weighted by atomic mass is 32.2. The number of thiophene rings is 1. The minimum Gasteiger partial charge on any atom is -0.456 e. The highest BCUT2D eigenvalue weighted by Gasteiger charge is 2.19. The number of hydrogen-bond donors (Lipinski definition) is 0. The van der Waals surface area contributed by atoms with Crippen LogP contribution in [0.25, 0.3) is 0 Å². The second-order valence-electron chi connectivity index (χ2n) is 5.40. The molecule has 0 aliphatic rings. The quantitative estimate of drug-likeness (QED) is 0.458. The Bertz CT molecular complexity index is 552. The fourth-order valence-electron chi connectivity index (χ4n) is 1.41. The maximum atomic E-state index is 11.8. The number of hydrogen-bond acceptors (Lipinski definition) is 6. The van der Waals surface area contributed by atoms with Crippen LogP contribution in [0.15, 0.2) is 12.1 Å². The lowest BCUT2D eigenvalue weighted by Gasteiger charge is -2.18. The zero-order chi connectivity index (χ0) is 15.4. The van der Waals surface area contributed by atoms with Gasteiger partial charge in [-0.25, -0.2) is 4.79 Å². The van der Waals surface area contributed by atoms with Gasteiger partial charge in [-0.1, -0.05) is 0 Å². The van der Waals surface area contributed by atoms with E-state index in [1.807, 2.05) is 26.8 Å². The lowest BCUT2D eigenvalue weighted by Crippen LogP contribution is -2.23. The third kappa shape index (κ3) is 7.02. The van der Waals surface area contributed by atoms with Crippen LogP contribution in [0.4, 0.5) is 0 Å². The summed E-state index contributed by atoms with van der Waals surface area (Å²) in [4.78, 5) is 13.4. The Labute approximate surface area is 124 Å². The summed E-state index contributed by atoms with van der Waals surface area (Å²) >= 11 is 1.36. The Hall–Kier alpha value is -0.920. The third-order valence-electron chi connectivity index (χ3n) is 2.13. The van der Waals surface area contributed by atoms with Gasteiger partial charge in [0.1, 0.15) is 10.5 Å². The summed E-state index contributed by atoms with van der Waals surface area (Å²) in [6.07, 6.45) is 2.28. The van der Waals surface area contributed by atoms with Crippen LogP contribution in [0.1, 0.15) is 41.7 Å². The molecule has 0 aliphatic heterocycles. The lowest BCUT2D eigenvalue weighted by molar-refractivity contribution is 0.00752. The fourth-order valence-corrected chi connectivity index (χ4v) is 2.75. The topological polar surface area (TPSA) is 69.7 Å². The van der Waals surface area contributed by atoms with Gasteiger partial charge in [-0.2, -0.15) is 8.42 Å². The van der Waals surface area contributed by atoms with E-state index >= 15 is 0 Å². The Morgan fingerprint density at radius 1 is 1.30 bits per heavy atom. The van der Waals surface area contributed by atoms with E-state index in [4.69, 9.17) is 4.74 Å². The molecule has 0 amide bonds. The van der Waals surface area contributed by atoms with Gasteiger partial charge in [0, 0.05) is 4.88 Å². The van der Waals surface area contributed by atoms with Gasteiger partial charge in [0.05, 0.1) is 12.9 Å². The van der Waals surface area contributed by atoms with Gasteiger partial charge in [-0.05, 0) is 45.7 Å². The number of carbonyl (C=O) groups excluding carboxylic acids is 1. The lowest BCUT2D eigenvalue weighted by atomic mass is 10.2. The summed E-state index contributed by atoms with van der Waals surface area (Å²) in [7, 11) is -3.38. The third-order valence-corrected chi connectivity index (χ3v) is 3.85. The van der Waals surface area contributed by atoms with E-state index in [0.717, 1.165) is 11.1 Å². The Kier molecular flexibility index (Phi) is 5.73. The largest absolute Gasteiger partial charge is 0.456 e. The molecule has 20 heavy (non-hydrogen) atoms. The van der Waals surface area contributed by atoms with Gasteiger partial charge in [0.15, 0.2) is 0 Å². The van der Waals surface area contributed by atoms with Crippen LogP contribution in [-0.4, -0.2) is 32.9 Å². The summed E-state index contributed by atoms with van der Waals surface area (Å²) in [6.45, 7) is 5.62. The van der Waals surface area contributed by atoms with Crippen molar-refractivity contribution in [3.05, 3.63) is 21.9 Å². The predicted molar refractivity (Wildman–Crippen MR) is 78.6 cm³/mol. The standard InChI is InChI=1S/C13H20O5S2/c1-13(2,3)18-12(14)11-8-7-10(19-11)6-5-9-17-20(4,15)16/h7-8H,5-6,9H2,1-4H3. The molecule has 0 radical (unpaired) electrons. The van der Waals surface area contributed by atoms with Crippen LogP contribution in [0.5, 0.6) is 0 Å². The van der Waals surface area contributed by atoms with Crippen LogP contribution < -0.4 is 0 Å². The van der Waals surface area contributed by atoms with E-state index in [-0.39, 0.29) is 12.6 Å². The molecule has 0 N–H and O–H groups in total. The molecule has 0 aromatic carbocycles. The summed E-state index contributed by atoms with van der Waals surface area (Å²) in [5.41, 5.74) is -0.509.